The van der Waals surface area contributed by atoms with Crippen molar-refractivity contribution in [2.45, 2.75) is 70.1 Å². The van der Waals surface area contributed by atoms with E-state index in [-0.39, 0.29) is 30.1 Å². The van der Waals surface area contributed by atoms with E-state index in [1.165, 1.54) is 32.1 Å². The molecule has 2 aliphatic heterocycles. The van der Waals surface area contributed by atoms with Crippen LogP contribution in [0.3, 0.4) is 0 Å². The van der Waals surface area contributed by atoms with Gasteiger partial charge in [0.05, 0.1) is 12.7 Å². The van der Waals surface area contributed by atoms with E-state index in [1.54, 1.807) is 4.90 Å². The first-order valence-corrected chi connectivity index (χ1v) is 10.7. The Hall–Kier alpha value is -0.770. The number of rotatable bonds is 3. The Kier molecular flexibility index (Phi) is 7.33. The van der Waals surface area contributed by atoms with Gasteiger partial charge in [-0.1, -0.05) is 12.8 Å². The van der Waals surface area contributed by atoms with Gasteiger partial charge in [-0.2, -0.15) is 0 Å². The van der Waals surface area contributed by atoms with E-state index in [2.05, 4.69) is 15.6 Å². The highest BCUT2D eigenvalue weighted by molar-refractivity contribution is 14.0. The summed E-state index contributed by atoms with van der Waals surface area (Å²) in [4.78, 5) is 18.2. The number of amides is 1. The van der Waals surface area contributed by atoms with E-state index in [9.17, 15) is 4.79 Å². The fourth-order valence-electron chi connectivity index (χ4n) is 5.84. The molecule has 0 aromatic carbocycles. The maximum absolute atomic E-state index is 11.9. The lowest BCUT2D eigenvalue weighted by Crippen LogP contribution is -2.69. The molecule has 0 radical (unpaired) electrons. The van der Waals surface area contributed by atoms with Crippen molar-refractivity contribution in [3.63, 3.8) is 0 Å². The van der Waals surface area contributed by atoms with E-state index >= 15 is 0 Å². The zero-order valence-corrected chi connectivity index (χ0v) is 19.4. The van der Waals surface area contributed by atoms with Crippen molar-refractivity contribution < 1.29 is 14.3 Å². The van der Waals surface area contributed by atoms with E-state index in [1.807, 2.05) is 14.0 Å². The van der Waals surface area contributed by atoms with Crippen LogP contribution in [-0.4, -0.2) is 68.5 Å². The van der Waals surface area contributed by atoms with Crippen LogP contribution in [-0.2, 0) is 9.47 Å². The lowest BCUT2D eigenvalue weighted by molar-refractivity contribution is -0.125. The quantitative estimate of drug-likeness (QED) is 0.350. The van der Waals surface area contributed by atoms with Crippen molar-refractivity contribution in [3.8, 4) is 0 Å². The molecule has 3 unspecified atom stereocenters. The minimum absolute atomic E-state index is 0. The van der Waals surface area contributed by atoms with Gasteiger partial charge in [0.1, 0.15) is 0 Å². The summed E-state index contributed by atoms with van der Waals surface area (Å²) in [5.41, 5.74) is 0.325. The Bertz CT molecular complexity index is 574. The maximum atomic E-state index is 11.9. The lowest BCUT2D eigenvalue weighted by atomic mass is 9.54. The first-order valence-electron chi connectivity index (χ1n) is 10.7. The maximum Gasteiger partial charge on any atom is 0.409 e. The van der Waals surface area contributed by atoms with Crippen LogP contribution < -0.4 is 10.6 Å². The standard InChI is InChI=1S/C20H34N4O3.HI/c1-3-26-19(25)24-11-6-14(7-12-24)22-18(21-2)23-16-15-8-13-27-17(15)20(16)9-4-5-10-20;/h14-17H,3-13H2,1-2H3,(H2,21,22,23);1H. The number of hydrogen-bond donors (Lipinski definition) is 2. The van der Waals surface area contributed by atoms with Crippen LogP contribution >= 0.6 is 24.0 Å². The number of piperidine rings is 1. The van der Waals surface area contributed by atoms with Crippen LogP contribution in [0.5, 0.6) is 0 Å². The van der Waals surface area contributed by atoms with Crippen molar-refractivity contribution in [1.82, 2.24) is 15.5 Å². The normalized spacial score (nSPS) is 31.7. The number of carbonyl (C=O) groups is 1. The third kappa shape index (κ3) is 3.95. The topological polar surface area (TPSA) is 75.2 Å². The SMILES string of the molecule is CCOC(=O)N1CCC(NC(=NC)NC2C3CCOC3C23CCCC3)CC1.I. The largest absolute Gasteiger partial charge is 0.450 e. The minimum atomic E-state index is -0.191. The van der Waals surface area contributed by atoms with Gasteiger partial charge in [-0.05, 0) is 39.0 Å². The molecule has 2 heterocycles. The van der Waals surface area contributed by atoms with E-state index < -0.39 is 0 Å². The Balaban J connectivity index is 0.00000225. The second kappa shape index (κ2) is 9.36. The molecule has 4 rings (SSSR count). The predicted octanol–water partition coefficient (Wildman–Crippen LogP) is 2.74. The summed E-state index contributed by atoms with van der Waals surface area (Å²) in [5.74, 6) is 1.54. The molecule has 2 saturated heterocycles. The fraction of sp³-hybridized carbons (Fsp3) is 0.900. The monoisotopic (exact) mass is 506 g/mol. The average Bonchev–Trinajstić information content (AvgIpc) is 3.34. The molecule has 8 heteroatoms. The molecule has 1 amide bonds. The highest BCUT2D eigenvalue weighted by Gasteiger charge is 2.65. The Morgan fingerprint density at radius 1 is 1.21 bits per heavy atom. The summed E-state index contributed by atoms with van der Waals surface area (Å²) in [5, 5.41) is 7.36. The van der Waals surface area contributed by atoms with Gasteiger partial charge in [0.2, 0.25) is 0 Å². The lowest BCUT2D eigenvalue weighted by Gasteiger charge is -2.57. The van der Waals surface area contributed by atoms with E-state index in [0.717, 1.165) is 38.5 Å². The molecule has 7 nitrogen and oxygen atoms in total. The van der Waals surface area contributed by atoms with Gasteiger partial charge in [0.15, 0.2) is 5.96 Å². The molecule has 0 aromatic heterocycles. The predicted molar refractivity (Wildman–Crippen MR) is 119 cm³/mol. The zero-order chi connectivity index (χ0) is 18.9. The van der Waals surface area contributed by atoms with Gasteiger partial charge in [-0.25, -0.2) is 4.79 Å². The molecule has 4 aliphatic rings. The number of hydrogen-bond acceptors (Lipinski definition) is 4. The van der Waals surface area contributed by atoms with Crippen LogP contribution in [0.2, 0.25) is 0 Å². The van der Waals surface area contributed by atoms with E-state index in [0.29, 0.717) is 36.1 Å². The second-order valence-electron chi connectivity index (χ2n) is 8.48. The fourth-order valence-corrected chi connectivity index (χ4v) is 5.84. The summed E-state index contributed by atoms with van der Waals surface area (Å²) < 4.78 is 11.2. The molecule has 2 saturated carbocycles. The summed E-state index contributed by atoms with van der Waals surface area (Å²) in [7, 11) is 1.85. The molecule has 2 N–H and O–H groups in total. The smallest absolute Gasteiger partial charge is 0.409 e. The molecule has 3 atom stereocenters. The zero-order valence-electron chi connectivity index (χ0n) is 17.1. The number of fused-ring (bicyclic) bond motifs is 2. The van der Waals surface area contributed by atoms with Gasteiger partial charge in [0, 0.05) is 50.2 Å². The average molecular weight is 506 g/mol. The Morgan fingerprint density at radius 3 is 2.57 bits per heavy atom. The van der Waals surface area contributed by atoms with Crippen molar-refractivity contribution in [2.24, 2.45) is 16.3 Å². The third-order valence-corrected chi connectivity index (χ3v) is 7.16. The summed E-state index contributed by atoms with van der Waals surface area (Å²) >= 11 is 0. The molecule has 4 fully saturated rings. The van der Waals surface area contributed by atoms with E-state index in [4.69, 9.17) is 9.47 Å². The molecule has 160 valence electrons. The number of likely N-dealkylation sites (tertiary alicyclic amines) is 1. The number of nitrogens with zero attached hydrogens (tertiary/aromatic N) is 2. The highest BCUT2D eigenvalue weighted by Crippen LogP contribution is 2.60. The van der Waals surface area contributed by atoms with Gasteiger partial charge in [-0.3, -0.25) is 4.99 Å². The van der Waals surface area contributed by atoms with Crippen LogP contribution in [0.25, 0.3) is 0 Å². The molecule has 0 aromatic rings. The van der Waals surface area contributed by atoms with Crippen LogP contribution in [0.15, 0.2) is 4.99 Å². The van der Waals surface area contributed by atoms with Gasteiger partial charge in [0.25, 0.3) is 0 Å². The van der Waals surface area contributed by atoms with Crippen LogP contribution in [0.1, 0.15) is 51.9 Å². The summed E-state index contributed by atoms with van der Waals surface area (Å²) in [6.07, 6.45) is 8.48. The number of ether oxygens (including phenoxy) is 2. The Labute approximate surface area is 185 Å². The molecular weight excluding hydrogens is 471 g/mol. The molecule has 1 spiro atoms. The molecular formula is C20H35IN4O3. The van der Waals surface area contributed by atoms with Gasteiger partial charge in [-0.15, -0.1) is 24.0 Å². The van der Waals surface area contributed by atoms with Crippen molar-refractivity contribution in [3.05, 3.63) is 0 Å². The molecule has 0 bridgehead atoms. The summed E-state index contributed by atoms with van der Waals surface area (Å²) in [6, 6.07) is 0.829. The first-order chi connectivity index (χ1) is 13.2. The summed E-state index contributed by atoms with van der Waals surface area (Å²) in [6.45, 7) is 4.66. The molecule has 2 aliphatic carbocycles. The second-order valence-corrected chi connectivity index (χ2v) is 8.48. The minimum Gasteiger partial charge on any atom is -0.450 e. The number of carbonyl (C=O) groups excluding carboxylic acids is 1. The Morgan fingerprint density at radius 2 is 1.93 bits per heavy atom. The van der Waals surface area contributed by atoms with Gasteiger partial charge >= 0.3 is 6.09 Å². The van der Waals surface area contributed by atoms with Gasteiger partial charge < -0.3 is 25.0 Å². The van der Waals surface area contributed by atoms with Crippen LogP contribution in [0.4, 0.5) is 4.79 Å². The first kappa shape index (κ1) is 21.9. The number of aliphatic imine (C=N–C) groups is 1. The number of nitrogens with one attached hydrogen (secondary N) is 2. The number of guanidine groups is 1. The highest BCUT2D eigenvalue weighted by atomic mass is 127. The van der Waals surface area contributed by atoms with Crippen LogP contribution in [0, 0.1) is 11.3 Å². The van der Waals surface area contributed by atoms with Crippen molar-refractivity contribution in [1.29, 1.82) is 0 Å². The number of halogens is 1. The van der Waals surface area contributed by atoms with Crippen molar-refractivity contribution in [2.75, 3.05) is 33.4 Å². The third-order valence-electron chi connectivity index (χ3n) is 7.16. The molecule has 28 heavy (non-hydrogen) atoms. The van der Waals surface area contributed by atoms with Crippen molar-refractivity contribution >= 4 is 36.0 Å².